The van der Waals surface area contributed by atoms with E-state index in [1.165, 1.54) is 11.3 Å². The first-order chi connectivity index (χ1) is 7.99. The molecule has 0 spiro atoms. The molecule has 90 valence electrons. The number of sulfone groups is 1. The van der Waals surface area contributed by atoms with Gasteiger partial charge in [-0.05, 0) is 29.1 Å². The van der Waals surface area contributed by atoms with Crippen molar-refractivity contribution in [3.63, 3.8) is 0 Å². The van der Waals surface area contributed by atoms with E-state index in [0.717, 1.165) is 0 Å². The molecule has 0 bridgehead atoms. The Morgan fingerprint density at radius 1 is 1.18 bits per heavy atom. The lowest BCUT2D eigenvalue weighted by atomic mass is 10.2. The number of hydrogen-bond acceptors (Lipinski definition) is 3. The predicted molar refractivity (Wildman–Crippen MR) is 71.7 cm³/mol. The predicted octanol–water partition coefficient (Wildman–Crippen LogP) is 4.03. The molecule has 2 aromatic rings. The van der Waals surface area contributed by atoms with Gasteiger partial charge in [0.05, 0.1) is 5.75 Å². The fourth-order valence-corrected chi connectivity index (χ4v) is 4.38. The van der Waals surface area contributed by atoms with Crippen LogP contribution in [0.25, 0.3) is 0 Å². The Labute approximate surface area is 114 Å². The smallest absolute Gasteiger partial charge is 0.191 e. The SMILES string of the molecule is O=S(=O)(Cc1ccc(Cl)cc1Cl)c1cccs1. The average Bonchev–Trinajstić information content (AvgIpc) is 2.76. The zero-order valence-corrected chi connectivity index (χ0v) is 11.7. The van der Waals surface area contributed by atoms with Gasteiger partial charge in [0, 0.05) is 10.0 Å². The van der Waals surface area contributed by atoms with Gasteiger partial charge in [-0.2, -0.15) is 0 Å². The molecular formula is C11H8Cl2O2S2. The zero-order chi connectivity index (χ0) is 12.5. The quantitative estimate of drug-likeness (QED) is 0.858. The summed E-state index contributed by atoms with van der Waals surface area (Å²) in [7, 11) is -3.31. The molecule has 0 aliphatic heterocycles. The topological polar surface area (TPSA) is 34.1 Å². The molecule has 0 N–H and O–H groups in total. The maximum Gasteiger partial charge on any atom is 0.191 e. The highest BCUT2D eigenvalue weighted by Crippen LogP contribution is 2.26. The van der Waals surface area contributed by atoms with Gasteiger partial charge in [0.15, 0.2) is 9.84 Å². The summed E-state index contributed by atoms with van der Waals surface area (Å²) in [6.45, 7) is 0. The Hall–Kier alpha value is -0.550. The van der Waals surface area contributed by atoms with Gasteiger partial charge in [-0.3, -0.25) is 0 Å². The first-order valence-electron chi connectivity index (χ1n) is 4.69. The van der Waals surface area contributed by atoms with E-state index in [9.17, 15) is 8.42 Å². The summed E-state index contributed by atoms with van der Waals surface area (Å²) >= 11 is 12.9. The van der Waals surface area contributed by atoms with Crippen molar-refractivity contribution >= 4 is 44.4 Å². The van der Waals surface area contributed by atoms with E-state index in [-0.39, 0.29) is 5.75 Å². The lowest BCUT2D eigenvalue weighted by molar-refractivity contribution is 0.597. The molecule has 1 heterocycles. The number of rotatable bonds is 3. The molecule has 0 unspecified atom stereocenters. The van der Waals surface area contributed by atoms with E-state index < -0.39 is 9.84 Å². The van der Waals surface area contributed by atoms with Gasteiger partial charge in [0.2, 0.25) is 0 Å². The maximum atomic E-state index is 12.0. The Morgan fingerprint density at radius 2 is 1.94 bits per heavy atom. The molecule has 0 aliphatic carbocycles. The molecule has 0 saturated carbocycles. The second-order valence-corrected chi connectivity index (χ2v) is 7.43. The van der Waals surface area contributed by atoms with Gasteiger partial charge in [0.1, 0.15) is 4.21 Å². The molecule has 0 aliphatic rings. The van der Waals surface area contributed by atoms with Crippen LogP contribution in [0, 0.1) is 0 Å². The molecule has 17 heavy (non-hydrogen) atoms. The third-order valence-corrected chi connectivity index (χ3v) is 5.90. The fraction of sp³-hybridized carbons (Fsp3) is 0.0909. The van der Waals surface area contributed by atoms with E-state index in [1.54, 1.807) is 35.7 Å². The van der Waals surface area contributed by atoms with Gasteiger partial charge >= 0.3 is 0 Å². The maximum absolute atomic E-state index is 12.0. The van der Waals surface area contributed by atoms with Crippen molar-refractivity contribution in [1.29, 1.82) is 0 Å². The lowest BCUT2D eigenvalue weighted by Gasteiger charge is -2.04. The molecule has 0 fully saturated rings. The van der Waals surface area contributed by atoms with Crippen molar-refractivity contribution in [3.05, 3.63) is 51.3 Å². The number of hydrogen-bond donors (Lipinski definition) is 0. The van der Waals surface area contributed by atoms with Crippen LogP contribution >= 0.6 is 34.5 Å². The van der Waals surface area contributed by atoms with Crippen molar-refractivity contribution in [2.45, 2.75) is 9.96 Å². The molecule has 1 aromatic carbocycles. The highest BCUT2D eigenvalue weighted by molar-refractivity contribution is 7.92. The molecule has 1 aromatic heterocycles. The Kier molecular flexibility index (Phi) is 3.78. The summed E-state index contributed by atoms with van der Waals surface area (Å²) in [5, 5.41) is 2.60. The Bertz CT molecular complexity index is 619. The minimum absolute atomic E-state index is 0.108. The van der Waals surface area contributed by atoms with Crippen molar-refractivity contribution in [2.75, 3.05) is 0 Å². The van der Waals surface area contributed by atoms with Crippen LogP contribution < -0.4 is 0 Å². The van der Waals surface area contributed by atoms with Crippen LogP contribution in [0.3, 0.4) is 0 Å². The molecule has 0 atom stereocenters. The molecular weight excluding hydrogens is 299 g/mol. The monoisotopic (exact) mass is 306 g/mol. The molecule has 6 heteroatoms. The number of benzene rings is 1. The second kappa shape index (κ2) is 4.98. The van der Waals surface area contributed by atoms with Crippen LogP contribution in [0.5, 0.6) is 0 Å². The van der Waals surface area contributed by atoms with Crippen LogP contribution in [0.15, 0.2) is 39.9 Å². The van der Waals surface area contributed by atoms with Crippen molar-refractivity contribution in [2.24, 2.45) is 0 Å². The van der Waals surface area contributed by atoms with Crippen LogP contribution in [0.2, 0.25) is 10.0 Å². The summed E-state index contributed by atoms with van der Waals surface area (Å²) in [5.74, 6) is -0.108. The van der Waals surface area contributed by atoms with E-state index in [1.807, 2.05) is 0 Å². The van der Waals surface area contributed by atoms with Crippen molar-refractivity contribution < 1.29 is 8.42 Å². The molecule has 0 saturated heterocycles. The zero-order valence-electron chi connectivity index (χ0n) is 8.56. The van der Waals surface area contributed by atoms with E-state index in [0.29, 0.717) is 19.8 Å². The standard InChI is InChI=1S/C11H8Cl2O2S2/c12-9-4-3-8(10(13)6-9)7-17(14,15)11-2-1-5-16-11/h1-6H,7H2. The van der Waals surface area contributed by atoms with Gasteiger partial charge in [0.25, 0.3) is 0 Å². The summed E-state index contributed by atoms with van der Waals surface area (Å²) in [4.78, 5) is 0. The molecule has 2 nitrogen and oxygen atoms in total. The van der Waals surface area contributed by atoms with Crippen molar-refractivity contribution in [3.8, 4) is 0 Å². The van der Waals surface area contributed by atoms with Crippen LogP contribution in [-0.2, 0) is 15.6 Å². The highest BCUT2D eigenvalue weighted by atomic mass is 35.5. The summed E-state index contributed by atoms with van der Waals surface area (Å²) in [6, 6.07) is 8.11. The van der Waals surface area contributed by atoms with Gasteiger partial charge in [-0.25, -0.2) is 8.42 Å². The minimum atomic E-state index is -3.31. The first kappa shape index (κ1) is 12.9. The van der Waals surface area contributed by atoms with E-state index in [2.05, 4.69) is 0 Å². The Morgan fingerprint density at radius 3 is 2.53 bits per heavy atom. The third kappa shape index (κ3) is 3.01. The highest BCUT2D eigenvalue weighted by Gasteiger charge is 2.17. The van der Waals surface area contributed by atoms with E-state index in [4.69, 9.17) is 23.2 Å². The third-order valence-electron chi connectivity index (χ3n) is 2.16. The first-order valence-corrected chi connectivity index (χ1v) is 7.98. The van der Waals surface area contributed by atoms with Gasteiger partial charge < -0.3 is 0 Å². The van der Waals surface area contributed by atoms with Gasteiger partial charge in [-0.1, -0.05) is 35.3 Å². The average molecular weight is 307 g/mol. The van der Waals surface area contributed by atoms with Crippen molar-refractivity contribution in [1.82, 2.24) is 0 Å². The lowest BCUT2D eigenvalue weighted by Crippen LogP contribution is -2.03. The second-order valence-electron chi connectivity index (χ2n) is 3.43. The van der Waals surface area contributed by atoms with Crippen LogP contribution in [0.1, 0.15) is 5.56 Å². The fourth-order valence-electron chi connectivity index (χ4n) is 1.36. The number of halogens is 2. The van der Waals surface area contributed by atoms with Crippen LogP contribution in [-0.4, -0.2) is 8.42 Å². The summed E-state index contributed by atoms with van der Waals surface area (Å²) in [6.07, 6.45) is 0. The summed E-state index contributed by atoms with van der Waals surface area (Å²) < 4.78 is 24.4. The normalized spacial score (nSPS) is 11.6. The Balaban J connectivity index is 2.33. The van der Waals surface area contributed by atoms with E-state index >= 15 is 0 Å². The summed E-state index contributed by atoms with van der Waals surface area (Å²) in [5.41, 5.74) is 0.560. The molecule has 0 amide bonds. The number of thiophene rings is 1. The van der Waals surface area contributed by atoms with Gasteiger partial charge in [-0.15, -0.1) is 11.3 Å². The largest absolute Gasteiger partial charge is 0.223 e. The molecule has 0 radical (unpaired) electrons. The van der Waals surface area contributed by atoms with Crippen LogP contribution in [0.4, 0.5) is 0 Å². The molecule has 2 rings (SSSR count). The minimum Gasteiger partial charge on any atom is -0.223 e.